The van der Waals surface area contributed by atoms with E-state index in [9.17, 15) is 26.4 Å². The minimum atomic E-state index is -4.77. The molecule has 0 spiro atoms. The molecular weight excluding hydrogens is 331 g/mol. The molecule has 2 N–H and O–H groups in total. The average molecular weight is 343 g/mol. The molecule has 0 aliphatic carbocycles. The lowest BCUT2D eigenvalue weighted by molar-refractivity contribution is -0.139. The Labute approximate surface area is 123 Å². The highest BCUT2D eigenvalue weighted by Crippen LogP contribution is 2.20. The number of carbonyl (C=O) groups is 1. The number of carboxylic acid groups (broad SMARTS) is 1. The van der Waals surface area contributed by atoms with Gasteiger partial charge in [-0.2, -0.15) is 16.5 Å². The SMILES string of the molecule is CSCC[C@@H](NS(=O)(=O)c1c(F)cc(F)cc1F)C(=O)O. The Balaban J connectivity index is 3.14. The van der Waals surface area contributed by atoms with E-state index < -0.39 is 44.4 Å². The molecule has 21 heavy (non-hydrogen) atoms. The van der Waals surface area contributed by atoms with Gasteiger partial charge in [-0.1, -0.05) is 0 Å². The Morgan fingerprint density at radius 1 is 1.33 bits per heavy atom. The zero-order chi connectivity index (χ0) is 16.2. The molecule has 0 fully saturated rings. The van der Waals surface area contributed by atoms with Crippen LogP contribution in [0.2, 0.25) is 0 Å². The van der Waals surface area contributed by atoms with E-state index >= 15 is 0 Å². The largest absolute Gasteiger partial charge is 0.480 e. The summed E-state index contributed by atoms with van der Waals surface area (Å²) in [7, 11) is -4.77. The second kappa shape index (κ2) is 7.14. The van der Waals surface area contributed by atoms with Crippen molar-refractivity contribution in [2.24, 2.45) is 0 Å². The summed E-state index contributed by atoms with van der Waals surface area (Å²) in [6.45, 7) is 0. The van der Waals surface area contributed by atoms with Crippen molar-refractivity contribution in [1.82, 2.24) is 4.72 Å². The molecule has 5 nitrogen and oxygen atoms in total. The number of carboxylic acids is 1. The number of rotatable bonds is 7. The summed E-state index contributed by atoms with van der Waals surface area (Å²) in [5.41, 5.74) is 0. The number of halogens is 3. The van der Waals surface area contributed by atoms with Crippen molar-refractivity contribution >= 4 is 27.8 Å². The fourth-order valence-corrected chi connectivity index (χ4v) is 3.31. The van der Waals surface area contributed by atoms with Crippen LogP contribution in [-0.2, 0) is 14.8 Å². The van der Waals surface area contributed by atoms with Crippen LogP contribution < -0.4 is 4.72 Å². The van der Waals surface area contributed by atoms with Crippen LogP contribution >= 0.6 is 11.8 Å². The van der Waals surface area contributed by atoms with Gasteiger partial charge in [-0.15, -0.1) is 0 Å². The van der Waals surface area contributed by atoms with Crippen LogP contribution in [0.1, 0.15) is 6.42 Å². The molecule has 0 radical (unpaired) electrons. The molecule has 1 aromatic rings. The molecule has 0 heterocycles. The summed E-state index contributed by atoms with van der Waals surface area (Å²) in [6.07, 6.45) is 1.62. The summed E-state index contributed by atoms with van der Waals surface area (Å²) in [6, 6.07) is -1.13. The van der Waals surface area contributed by atoms with Gasteiger partial charge in [-0.25, -0.2) is 21.6 Å². The zero-order valence-electron chi connectivity index (χ0n) is 10.8. The van der Waals surface area contributed by atoms with E-state index in [4.69, 9.17) is 5.11 Å². The van der Waals surface area contributed by atoms with Crippen LogP contribution in [0, 0.1) is 17.5 Å². The fourth-order valence-electron chi connectivity index (χ4n) is 1.50. The third-order valence-corrected chi connectivity index (χ3v) is 4.60. The predicted octanol–water partition coefficient (Wildman–Crippen LogP) is 1.59. The van der Waals surface area contributed by atoms with Gasteiger partial charge in [0.05, 0.1) is 0 Å². The monoisotopic (exact) mass is 343 g/mol. The van der Waals surface area contributed by atoms with Crippen molar-refractivity contribution in [3.8, 4) is 0 Å². The van der Waals surface area contributed by atoms with Gasteiger partial charge in [0.25, 0.3) is 0 Å². The third kappa shape index (κ3) is 4.61. The quantitative estimate of drug-likeness (QED) is 0.785. The highest BCUT2D eigenvalue weighted by Gasteiger charge is 2.30. The maximum Gasteiger partial charge on any atom is 0.321 e. The van der Waals surface area contributed by atoms with E-state index in [1.807, 2.05) is 0 Å². The summed E-state index contributed by atoms with van der Waals surface area (Å²) in [4.78, 5) is 9.55. The molecule has 10 heteroatoms. The Hall–Kier alpha value is -1.26. The number of benzene rings is 1. The lowest BCUT2D eigenvalue weighted by atomic mass is 10.2. The van der Waals surface area contributed by atoms with E-state index in [0.29, 0.717) is 5.75 Å². The second-order valence-corrected chi connectivity index (χ2v) is 6.63. The molecule has 0 bridgehead atoms. The first-order valence-corrected chi connectivity index (χ1v) is 8.45. The van der Waals surface area contributed by atoms with Crippen molar-refractivity contribution in [1.29, 1.82) is 0 Å². The normalized spacial score (nSPS) is 13.1. The number of thioether (sulfide) groups is 1. The summed E-state index contributed by atoms with van der Waals surface area (Å²) < 4.78 is 65.1. The van der Waals surface area contributed by atoms with Crippen LogP contribution in [0.4, 0.5) is 13.2 Å². The molecular formula is C11H12F3NO4S2. The van der Waals surface area contributed by atoms with Gasteiger partial charge in [0.2, 0.25) is 10.0 Å². The number of aliphatic carboxylic acids is 1. The molecule has 0 amide bonds. The first kappa shape index (κ1) is 17.8. The standard InChI is InChI=1S/C11H12F3NO4S2/c1-20-3-2-9(11(16)17)15-21(18,19)10-7(13)4-6(12)5-8(10)14/h4-5,9,15H,2-3H2,1H3,(H,16,17)/t9-/m1/s1. The van der Waals surface area contributed by atoms with E-state index in [0.717, 1.165) is 0 Å². The molecule has 0 saturated carbocycles. The molecule has 0 aliphatic heterocycles. The smallest absolute Gasteiger partial charge is 0.321 e. The molecule has 0 aromatic heterocycles. The number of hydrogen-bond acceptors (Lipinski definition) is 4. The first-order chi connectivity index (χ1) is 9.69. The second-order valence-electron chi connectivity index (χ2n) is 3.99. The van der Waals surface area contributed by atoms with Crippen LogP contribution in [0.3, 0.4) is 0 Å². The van der Waals surface area contributed by atoms with E-state index in [1.165, 1.54) is 11.8 Å². The van der Waals surface area contributed by atoms with Crippen molar-refractivity contribution in [3.63, 3.8) is 0 Å². The van der Waals surface area contributed by atoms with Gasteiger partial charge in [0.1, 0.15) is 23.5 Å². The van der Waals surface area contributed by atoms with Gasteiger partial charge in [-0.3, -0.25) is 4.79 Å². The van der Waals surface area contributed by atoms with Crippen LogP contribution in [-0.4, -0.2) is 37.5 Å². The third-order valence-electron chi connectivity index (χ3n) is 2.44. The van der Waals surface area contributed by atoms with Crippen molar-refractivity contribution < 1.29 is 31.5 Å². The first-order valence-electron chi connectivity index (χ1n) is 5.57. The molecule has 1 rings (SSSR count). The van der Waals surface area contributed by atoms with Crippen LogP contribution in [0.15, 0.2) is 17.0 Å². The molecule has 118 valence electrons. The lowest BCUT2D eigenvalue weighted by Gasteiger charge is -2.15. The highest BCUT2D eigenvalue weighted by molar-refractivity contribution is 7.98. The molecule has 0 aliphatic rings. The van der Waals surface area contributed by atoms with E-state index in [1.54, 1.807) is 11.0 Å². The summed E-state index contributed by atoms with van der Waals surface area (Å²) in [5.74, 6) is -5.69. The maximum absolute atomic E-state index is 13.5. The zero-order valence-corrected chi connectivity index (χ0v) is 12.4. The Morgan fingerprint density at radius 2 is 1.86 bits per heavy atom. The molecule has 0 unspecified atom stereocenters. The summed E-state index contributed by atoms with van der Waals surface area (Å²) >= 11 is 1.28. The van der Waals surface area contributed by atoms with E-state index in [2.05, 4.69) is 0 Å². The van der Waals surface area contributed by atoms with Gasteiger partial charge < -0.3 is 5.11 Å². The highest BCUT2D eigenvalue weighted by atomic mass is 32.2. The minimum absolute atomic E-state index is 0.0693. The molecule has 0 saturated heterocycles. The predicted molar refractivity (Wildman–Crippen MR) is 71.1 cm³/mol. The van der Waals surface area contributed by atoms with E-state index in [-0.39, 0.29) is 18.6 Å². The number of sulfonamides is 1. The van der Waals surface area contributed by atoms with Gasteiger partial charge in [-0.05, 0) is 18.4 Å². The van der Waals surface area contributed by atoms with Crippen molar-refractivity contribution in [2.45, 2.75) is 17.4 Å². The van der Waals surface area contributed by atoms with Crippen LogP contribution in [0.25, 0.3) is 0 Å². The van der Waals surface area contributed by atoms with Crippen molar-refractivity contribution in [2.75, 3.05) is 12.0 Å². The Bertz CT molecular complexity index is 613. The minimum Gasteiger partial charge on any atom is -0.480 e. The average Bonchev–Trinajstić information content (AvgIpc) is 2.32. The van der Waals surface area contributed by atoms with Gasteiger partial charge in [0.15, 0.2) is 4.90 Å². The van der Waals surface area contributed by atoms with Crippen LogP contribution in [0.5, 0.6) is 0 Å². The lowest BCUT2D eigenvalue weighted by Crippen LogP contribution is -2.41. The van der Waals surface area contributed by atoms with Gasteiger partial charge in [0, 0.05) is 12.1 Å². The Kier molecular flexibility index (Phi) is 6.05. The fraction of sp³-hybridized carbons (Fsp3) is 0.364. The topological polar surface area (TPSA) is 83.5 Å². The number of hydrogen-bond donors (Lipinski definition) is 2. The summed E-state index contributed by atoms with van der Waals surface area (Å²) in [5, 5.41) is 8.91. The molecule has 1 aromatic carbocycles. The Morgan fingerprint density at radius 3 is 2.29 bits per heavy atom. The number of nitrogens with one attached hydrogen (secondary N) is 1. The van der Waals surface area contributed by atoms with Gasteiger partial charge >= 0.3 is 5.97 Å². The molecule has 1 atom stereocenters. The van der Waals surface area contributed by atoms with Crippen molar-refractivity contribution in [3.05, 3.63) is 29.6 Å². The maximum atomic E-state index is 13.5.